The summed E-state index contributed by atoms with van der Waals surface area (Å²) < 4.78 is 6.76. The van der Waals surface area contributed by atoms with Gasteiger partial charge in [-0.05, 0) is 37.0 Å². The van der Waals surface area contributed by atoms with Gasteiger partial charge in [-0.3, -0.25) is 14.2 Å². The van der Waals surface area contributed by atoms with Gasteiger partial charge in [-0.25, -0.2) is 4.98 Å². The summed E-state index contributed by atoms with van der Waals surface area (Å²) in [4.78, 5) is 29.6. The quantitative estimate of drug-likeness (QED) is 0.622. The Balaban J connectivity index is 2.12. The molecule has 3 aromatic rings. The van der Waals surface area contributed by atoms with Gasteiger partial charge in [0, 0.05) is 37.4 Å². The zero-order valence-electron chi connectivity index (χ0n) is 16.3. The van der Waals surface area contributed by atoms with E-state index in [1.165, 1.54) is 22.5 Å². The fraction of sp³-hybridized carbons (Fsp3) is 0.381. The van der Waals surface area contributed by atoms with Crippen LogP contribution < -0.4 is 5.56 Å². The molecule has 0 atom stereocenters. The fourth-order valence-electron chi connectivity index (χ4n) is 3.19. The third-order valence-electron chi connectivity index (χ3n) is 4.89. The molecule has 148 valence electrons. The van der Waals surface area contributed by atoms with Crippen molar-refractivity contribution in [1.29, 1.82) is 0 Å². The number of benzene rings is 1. The standard InChI is InChI=1S/C21H24N2O4S/c1-13-6-7-15(11-14(13)2)16-12-28-20-19(16)21(26)23(9-4-5-18(24)25)17(22-20)8-10-27-3/h6-7,11-12H,4-5,8-10H2,1-3H3,(H,24,25). The van der Waals surface area contributed by atoms with E-state index in [2.05, 4.69) is 26.0 Å². The van der Waals surface area contributed by atoms with Gasteiger partial charge in [0.25, 0.3) is 5.56 Å². The van der Waals surface area contributed by atoms with Crippen LogP contribution in [0.1, 0.15) is 29.8 Å². The SMILES string of the molecule is COCCc1nc2scc(-c3ccc(C)c(C)c3)c2c(=O)n1CCCC(=O)O. The summed E-state index contributed by atoms with van der Waals surface area (Å²) in [5, 5.41) is 11.5. The van der Waals surface area contributed by atoms with Crippen molar-refractivity contribution in [3.63, 3.8) is 0 Å². The zero-order chi connectivity index (χ0) is 20.3. The van der Waals surface area contributed by atoms with E-state index in [0.29, 0.717) is 42.0 Å². The molecule has 0 amide bonds. The third-order valence-corrected chi connectivity index (χ3v) is 5.77. The second-order valence-corrected chi connectivity index (χ2v) is 7.71. The van der Waals surface area contributed by atoms with E-state index >= 15 is 0 Å². The molecule has 6 nitrogen and oxygen atoms in total. The van der Waals surface area contributed by atoms with Crippen LogP contribution in [0.15, 0.2) is 28.4 Å². The van der Waals surface area contributed by atoms with Crippen molar-refractivity contribution in [3.05, 3.63) is 50.9 Å². The van der Waals surface area contributed by atoms with Crippen LogP contribution in [0, 0.1) is 13.8 Å². The molecule has 0 aliphatic rings. The largest absolute Gasteiger partial charge is 0.481 e. The monoisotopic (exact) mass is 400 g/mol. The first kappa shape index (κ1) is 20.2. The number of hydrogen-bond donors (Lipinski definition) is 1. The van der Waals surface area contributed by atoms with Crippen LogP contribution in [0.2, 0.25) is 0 Å². The zero-order valence-corrected chi connectivity index (χ0v) is 17.1. The van der Waals surface area contributed by atoms with Gasteiger partial charge in [-0.2, -0.15) is 0 Å². The molecule has 0 fully saturated rings. The van der Waals surface area contributed by atoms with Crippen LogP contribution in [-0.2, 0) is 22.5 Å². The summed E-state index contributed by atoms with van der Waals surface area (Å²) in [5.74, 6) is -0.231. The number of aromatic nitrogens is 2. The predicted octanol–water partition coefficient (Wildman–Crippen LogP) is 3.80. The molecule has 1 aromatic carbocycles. The number of thiophene rings is 1. The van der Waals surface area contributed by atoms with Crippen LogP contribution >= 0.6 is 11.3 Å². The molecule has 0 spiro atoms. The highest BCUT2D eigenvalue weighted by molar-refractivity contribution is 7.17. The number of carbonyl (C=O) groups is 1. The molecule has 3 rings (SSSR count). The van der Waals surface area contributed by atoms with Crippen molar-refractivity contribution < 1.29 is 14.6 Å². The topological polar surface area (TPSA) is 81.4 Å². The Hall–Kier alpha value is -2.51. The number of rotatable bonds is 8. The highest BCUT2D eigenvalue weighted by Gasteiger charge is 2.17. The Kier molecular flexibility index (Phi) is 6.26. The summed E-state index contributed by atoms with van der Waals surface area (Å²) in [6.45, 7) is 4.89. The average Bonchev–Trinajstić information content (AvgIpc) is 3.08. The number of aliphatic carboxylic acids is 1. The van der Waals surface area contributed by atoms with Crippen molar-refractivity contribution in [1.82, 2.24) is 9.55 Å². The van der Waals surface area contributed by atoms with Crippen LogP contribution in [0.4, 0.5) is 0 Å². The number of ether oxygens (including phenoxy) is 1. The first-order chi connectivity index (χ1) is 13.4. The number of hydrogen-bond acceptors (Lipinski definition) is 5. The molecular weight excluding hydrogens is 376 g/mol. The highest BCUT2D eigenvalue weighted by atomic mass is 32.1. The van der Waals surface area contributed by atoms with Crippen molar-refractivity contribution in [2.45, 2.75) is 39.7 Å². The van der Waals surface area contributed by atoms with E-state index in [9.17, 15) is 9.59 Å². The van der Waals surface area contributed by atoms with Gasteiger partial charge < -0.3 is 9.84 Å². The second-order valence-electron chi connectivity index (χ2n) is 6.85. The predicted molar refractivity (Wildman–Crippen MR) is 111 cm³/mol. The lowest BCUT2D eigenvalue weighted by Crippen LogP contribution is -2.26. The van der Waals surface area contributed by atoms with Crippen molar-refractivity contribution in [2.24, 2.45) is 0 Å². The lowest BCUT2D eigenvalue weighted by molar-refractivity contribution is -0.137. The minimum absolute atomic E-state index is 0.0157. The lowest BCUT2D eigenvalue weighted by Gasteiger charge is -2.12. The molecule has 0 bridgehead atoms. The maximum absolute atomic E-state index is 13.3. The van der Waals surface area contributed by atoms with Crippen molar-refractivity contribution in [2.75, 3.05) is 13.7 Å². The van der Waals surface area contributed by atoms with Gasteiger partial charge in [-0.1, -0.05) is 18.2 Å². The van der Waals surface area contributed by atoms with Crippen molar-refractivity contribution in [3.8, 4) is 11.1 Å². The minimum Gasteiger partial charge on any atom is -0.481 e. The number of carboxylic acids is 1. The molecule has 0 saturated carbocycles. The van der Waals surface area contributed by atoms with Gasteiger partial charge in [-0.15, -0.1) is 11.3 Å². The van der Waals surface area contributed by atoms with Gasteiger partial charge >= 0.3 is 5.97 Å². The highest BCUT2D eigenvalue weighted by Crippen LogP contribution is 2.32. The molecule has 0 aliphatic heterocycles. The van der Waals surface area contributed by atoms with Crippen molar-refractivity contribution >= 4 is 27.5 Å². The molecule has 2 aromatic heterocycles. The Bertz CT molecular complexity index is 1070. The Morgan fingerprint density at radius 1 is 1.29 bits per heavy atom. The van der Waals surface area contributed by atoms with E-state index in [-0.39, 0.29) is 12.0 Å². The van der Waals surface area contributed by atoms with E-state index in [4.69, 9.17) is 14.8 Å². The van der Waals surface area contributed by atoms with Crippen LogP contribution in [0.25, 0.3) is 21.3 Å². The summed E-state index contributed by atoms with van der Waals surface area (Å²) in [5.41, 5.74) is 4.13. The van der Waals surface area contributed by atoms with E-state index in [1.807, 2.05) is 11.4 Å². The molecule has 0 unspecified atom stereocenters. The van der Waals surface area contributed by atoms with Gasteiger partial charge in [0.2, 0.25) is 0 Å². The normalized spacial score (nSPS) is 11.2. The number of aryl methyl sites for hydroxylation is 2. The Morgan fingerprint density at radius 2 is 2.07 bits per heavy atom. The summed E-state index contributed by atoms with van der Waals surface area (Å²) in [6.07, 6.45) is 0.902. The molecule has 7 heteroatoms. The van der Waals surface area contributed by atoms with Crippen LogP contribution in [0.5, 0.6) is 0 Å². The van der Waals surface area contributed by atoms with Gasteiger partial charge in [0.05, 0.1) is 12.0 Å². The number of methoxy groups -OCH3 is 1. The number of fused-ring (bicyclic) bond motifs is 1. The van der Waals surface area contributed by atoms with Crippen LogP contribution in [-0.4, -0.2) is 34.3 Å². The van der Waals surface area contributed by atoms with Gasteiger partial charge in [0.15, 0.2) is 0 Å². The Labute approximate surface area is 167 Å². The van der Waals surface area contributed by atoms with E-state index < -0.39 is 5.97 Å². The second kappa shape index (κ2) is 8.67. The maximum Gasteiger partial charge on any atom is 0.303 e. The first-order valence-corrected chi connectivity index (χ1v) is 10.1. The molecule has 0 aliphatic carbocycles. The summed E-state index contributed by atoms with van der Waals surface area (Å²) >= 11 is 1.46. The third kappa shape index (κ3) is 4.15. The minimum atomic E-state index is -0.869. The molecule has 0 saturated heterocycles. The van der Waals surface area contributed by atoms with E-state index in [1.54, 1.807) is 11.7 Å². The smallest absolute Gasteiger partial charge is 0.303 e. The molecular formula is C21H24N2O4S. The number of nitrogens with zero attached hydrogens (tertiary/aromatic N) is 2. The average molecular weight is 401 g/mol. The van der Waals surface area contributed by atoms with Gasteiger partial charge in [0.1, 0.15) is 10.7 Å². The van der Waals surface area contributed by atoms with E-state index in [0.717, 1.165) is 11.1 Å². The first-order valence-electron chi connectivity index (χ1n) is 9.21. The fourth-order valence-corrected chi connectivity index (χ4v) is 4.15. The molecule has 2 heterocycles. The Morgan fingerprint density at radius 3 is 2.75 bits per heavy atom. The summed E-state index contributed by atoms with van der Waals surface area (Å²) in [6, 6.07) is 6.17. The lowest BCUT2D eigenvalue weighted by atomic mass is 10.0. The summed E-state index contributed by atoms with van der Waals surface area (Å²) in [7, 11) is 1.61. The number of carboxylic acid groups (broad SMARTS) is 1. The molecule has 0 radical (unpaired) electrons. The molecule has 28 heavy (non-hydrogen) atoms. The molecule has 1 N–H and O–H groups in total. The maximum atomic E-state index is 13.3. The van der Waals surface area contributed by atoms with Crippen LogP contribution in [0.3, 0.4) is 0 Å².